The lowest BCUT2D eigenvalue weighted by atomic mass is 9.81. The van der Waals surface area contributed by atoms with E-state index in [-0.39, 0.29) is 5.60 Å². The first-order valence-corrected chi connectivity index (χ1v) is 10.8. The van der Waals surface area contributed by atoms with Crippen molar-refractivity contribution in [2.45, 2.75) is 57.8 Å². The molecule has 0 saturated carbocycles. The third-order valence-electron chi connectivity index (χ3n) is 6.66. The van der Waals surface area contributed by atoms with Crippen LogP contribution in [-0.4, -0.2) is 40.3 Å². The summed E-state index contributed by atoms with van der Waals surface area (Å²) in [6.07, 6.45) is 1.22. The normalized spacial score (nSPS) is 22.2. The third kappa shape index (κ3) is 4.17. The zero-order valence-electron chi connectivity index (χ0n) is 17.4. The van der Waals surface area contributed by atoms with E-state index in [4.69, 9.17) is 16.3 Å². The van der Waals surface area contributed by atoms with Gasteiger partial charge in [0.25, 0.3) is 0 Å². The van der Waals surface area contributed by atoms with Crippen LogP contribution in [0.15, 0.2) is 30.3 Å². The number of β-amino-alcohol motifs (C(OH)–C–C–N with tert-alkyl or cyclic N) is 1. The number of fused-ring (bicyclic) bond motifs is 1. The molecule has 1 spiro atoms. The maximum Gasteiger partial charge on any atom is 0.126 e. The molecule has 2 aliphatic heterocycles. The van der Waals surface area contributed by atoms with Gasteiger partial charge in [-0.05, 0) is 68.0 Å². The molecule has 1 fully saturated rings. The number of benzene rings is 2. The molecule has 0 radical (unpaired) electrons. The first kappa shape index (κ1) is 20.7. The van der Waals surface area contributed by atoms with Gasteiger partial charge in [-0.15, -0.1) is 0 Å². The van der Waals surface area contributed by atoms with E-state index in [1.54, 1.807) is 0 Å². The lowest BCUT2D eigenvalue weighted by Crippen LogP contribution is -2.51. The maximum atomic E-state index is 10.7. The van der Waals surface area contributed by atoms with Gasteiger partial charge in [-0.3, -0.25) is 0 Å². The number of aryl methyl sites for hydroxylation is 3. The van der Waals surface area contributed by atoms with Crippen LogP contribution < -0.4 is 4.74 Å². The molecule has 2 N–H and O–H groups in total. The summed E-state index contributed by atoms with van der Waals surface area (Å²) in [5.74, 6) is 0.759. The zero-order valence-corrected chi connectivity index (χ0v) is 18.2. The molecule has 0 amide bonds. The highest BCUT2D eigenvalue weighted by Gasteiger charge is 2.43. The fourth-order valence-corrected chi connectivity index (χ4v) is 4.70. The Hall–Kier alpha value is -1.59. The molecule has 0 unspecified atom stereocenters. The van der Waals surface area contributed by atoms with E-state index in [1.165, 1.54) is 11.1 Å². The highest BCUT2D eigenvalue weighted by molar-refractivity contribution is 6.31. The highest BCUT2D eigenvalue weighted by Crippen LogP contribution is 2.45. The lowest BCUT2D eigenvalue weighted by molar-refractivity contribution is -0.0588. The smallest absolute Gasteiger partial charge is 0.126 e. The van der Waals surface area contributed by atoms with Gasteiger partial charge in [-0.1, -0.05) is 29.8 Å². The molecule has 5 heteroatoms. The first-order chi connectivity index (χ1) is 13.8. The van der Waals surface area contributed by atoms with Gasteiger partial charge in [0, 0.05) is 36.6 Å². The lowest BCUT2D eigenvalue weighted by Gasteiger charge is -2.46. The standard InChI is InChI=1S/C24H30ClNO3/c1-15-4-5-18(10-16(15)2)22(28)14-26-8-6-24(7-9-26)13-21(27)19-12-20(25)17(3)11-23(19)29-24/h4-5,10-12,21-22,27-28H,6-9,13-14H2,1-3H3/t21-,22+/m0/s1. The minimum Gasteiger partial charge on any atom is -0.487 e. The van der Waals surface area contributed by atoms with Crippen LogP contribution in [-0.2, 0) is 0 Å². The van der Waals surface area contributed by atoms with E-state index in [1.807, 2.05) is 25.1 Å². The van der Waals surface area contributed by atoms with Crippen molar-refractivity contribution in [2.75, 3.05) is 19.6 Å². The molecule has 2 aromatic carbocycles. The Kier molecular flexibility index (Phi) is 5.64. The molecular formula is C24H30ClNO3. The van der Waals surface area contributed by atoms with Crippen LogP contribution in [0.1, 0.15) is 59.3 Å². The predicted molar refractivity (Wildman–Crippen MR) is 116 cm³/mol. The van der Waals surface area contributed by atoms with Gasteiger partial charge in [0.2, 0.25) is 0 Å². The highest BCUT2D eigenvalue weighted by atomic mass is 35.5. The average molecular weight is 416 g/mol. The van der Waals surface area contributed by atoms with E-state index >= 15 is 0 Å². The number of aliphatic hydroxyl groups is 2. The Morgan fingerprint density at radius 2 is 1.83 bits per heavy atom. The van der Waals surface area contributed by atoms with Crippen molar-refractivity contribution < 1.29 is 14.9 Å². The summed E-state index contributed by atoms with van der Waals surface area (Å²) in [5, 5.41) is 22.1. The van der Waals surface area contributed by atoms with Crippen molar-refractivity contribution in [1.82, 2.24) is 4.90 Å². The number of likely N-dealkylation sites (tertiary alicyclic amines) is 1. The fourth-order valence-electron chi connectivity index (χ4n) is 4.53. The van der Waals surface area contributed by atoms with E-state index in [9.17, 15) is 10.2 Å². The molecule has 0 aliphatic carbocycles. The Labute approximate surface area is 178 Å². The van der Waals surface area contributed by atoms with E-state index < -0.39 is 12.2 Å². The van der Waals surface area contributed by atoms with Crippen LogP contribution in [0.5, 0.6) is 5.75 Å². The largest absolute Gasteiger partial charge is 0.487 e. The molecule has 0 aromatic heterocycles. The van der Waals surface area contributed by atoms with Crippen LogP contribution in [0.25, 0.3) is 0 Å². The van der Waals surface area contributed by atoms with Crippen LogP contribution >= 0.6 is 11.6 Å². The molecule has 156 valence electrons. The van der Waals surface area contributed by atoms with E-state index in [0.717, 1.165) is 48.4 Å². The van der Waals surface area contributed by atoms with Crippen molar-refractivity contribution in [1.29, 1.82) is 0 Å². The second-order valence-electron chi connectivity index (χ2n) is 8.80. The summed E-state index contributed by atoms with van der Waals surface area (Å²) in [7, 11) is 0. The molecule has 4 nitrogen and oxygen atoms in total. The minimum atomic E-state index is -0.551. The Morgan fingerprint density at radius 3 is 2.52 bits per heavy atom. The quantitative estimate of drug-likeness (QED) is 0.766. The van der Waals surface area contributed by atoms with Gasteiger partial charge < -0.3 is 19.8 Å². The number of nitrogens with zero attached hydrogens (tertiary/aromatic N) is 1. The van der Waals surface area contributed by atoms with Gasteiger partial charge in [0.05, 0.1) is 12.2 Å². The second kappa shape index (κ2) is 7.92. The van der Waals surface area contributed by atoms with Crippen molar-refractivity contribution in [3.8, 4) is 5.75 Å². The number of rotatable bonds is 3. The summed E-state index contributed by atoms with van der Waals surface area (Å²) in [4.78, 5) is 2.30. The van der Waals surface area contributed by atoms with Crippen molar-refractivity contribution in [3.05, 3.63) is 63.2 Å². The summed E-state index contributed by atoms with van der Waals surface area (Å²) in [5.41, 5.74) is 4.83. The van der Waals surface area contributed by atoms with Crippen molar-refractivity contribution in [2.24, 2.45) is 0 Å². The van der Waals surface area contributed by atoms with Gasteiger partial charge in [-0.25, -0.2) is 0 Å². The molecule has 2 heterocycles. The number of halogens is 1. The number of hydrogen-bond donors (Lipinski definition) is 2. The number of ether oxygens (including phenoxy) is 1. The fraction of sp³-hybridized carbons (Fsp3) is 0.500. The molecule has 2 aliphatic rings. The molecule has 4 rings (SSSR count). The zero-order chi connectivity index (χ0) is 20.8. The van der Waals surface area contributed by atoms with Gasteiger partial charge in [0.15, 0.2) is 0 Å². The van der Waals surface area contributed by atoms with Gasteiger partial charge >= 0.3 is 0 Å². The monoisotopic (exact) mass is 415 g/mol. The molecule has 29 heavy (non-hydrogen) atoms. The Balaban J connectivity index is 1.41. The summed E-state index contributed by atoms with van der Waals surface area (Å²) in [6, 6.07) is 9.94. The van der Waals surface area contributed by atoms with Gasteiger partial charge in [0.1, 0.15) is 11.4 Å². The summed E-state index contributed by atoms with van der Waals surface area (Å²) >= 11 is 6.23. The molecular weight excluding hydrogens is 386 g/mol. The van der Waals surface area contributed by atoms with E-state index in [2.05, 4.69) is 30.9 Å². The molecule has 1 saturated heterocycles. The van der Waals surface area contributed by atoms with E-state index in [0.29, 0.717) is 18.0 Å². The summed E-state index contributed by atoms with van der Waals surface area (Å²) in [6.45, 7) is 8.42. The SMILES string of the molecule is Cc1ccc([C@H](O)CN2CCC3(CC2)C[C@H](O)c2cc(Cl)c(C)cc2O3)cc1C. The van der Waals surface area contributed by atoms with Crippen LogP contribution in [0.3, 0.4) is 0 Å². The molecule has 2 atom stereocenters. The first-order valence-electron chi connectivity index (χ1n) is 10.4. The van der Waals surface area contributed by atoms with Crippen molar-refractivity contribution >= 4 is 11.6 Å². The minimum absolute atomic E-state index is 0.339. The second-order valence-corrected chi connectivity index (χ2v) is 9.21. The topological polar surface area (TPSA) is 52.9 Å². The van der Waals surface area contributed by atoms with Crippen LogP contribution in [0, 0.1) is 20.8 Å². The van der Waals surface area contributed by atoms with Crippen LogP contribution in [0.4, 0.5) is 0 Å². The van der Waals surface area contributed by atoms with Crippen molar-refractivity contribution in [3.63, 3.8) is 0 Å². The molecule has 0 bridgehead atoms. The number of hydrogen-bond acceptors (Lipinski definition) is 4. The maximum absolute atomic E-state index is 10.7. The Morgan fingerprint density at radius 1 is 1.10 bits per heavy atom. The van der Waals surface area contributed by atoms with Gasteiger partial charge in [-0.2, -0.15) is 0 Å². The third-order valence-corrected chi connectivity index (χ3v) is 7.06. The average Bonchev–Trinajstić information content (AvgIpc) is 2.68. The number of aliphatic hydroxyl groups excluding tert-OH is 2. The summed E-state index contributed by atoms with van der Waals surface area (Å²) < 4.78 is 6.43. The molecule has 2 aromatic rings. The van der Waals surface area contributed by atoms with Crippen LogP contribution in [0.2, 0.25) is 5.02 Å². The number of piperidine rings is 1. The predicted octanol–water partition coefficient (Wildman–Crippen LogP) is 4.65. The Bertz CT molecular complexity index is 905.